The summed E-state index contributed by atoms with van der Waals surface area (Å²) < 4.78 is 1.09. The molecule has 5 heteroatoms. The maximum absolute atomic E-state index is 12.5. The van der Waals surface area contributed by atoms with Gasteiger partial charge in [-0.1, -0.05) is 0 Å². The van der Waals surface area contributed by atoms with E-state index < -0.39 is 0 Å². The molecule has 0 saturated heterocycles. The standard InChI is InChI=1S/C18H15N3OSe/c22-18(21-17-7-3-4-10-20-17)15-5-1-2-6-16(15)23-13-14-8-11-19-12-9-14/h1-12H,13H2,(H,20,21,22). The third-order valence-corrected chi connectivity index (χ3v) is 5.58. The molecule has 4 nitrogen and oxygen atoms in total. The van der Waals surface area contributed by atoms with Crippen molar-refractivity contribution in [3.63, 3.8) is 0 Å². The van der Waals surface area contributed by atoms with Crippen molar-refractivity contribution in [2.45, 2.75) is 5.32 Å². The molecule has 1 aromatic carbocycles. The molecule has 2 heterocycles. The van der Waals surface area contributed by atoms with Crippen LogP contribution in [0.4, 0.5) is 5.82 Å². The van der Waals surface area contributed by atoms with E-state index in [2.05, 4.69) is 15.3 Å². The summed E-state index contributed by atoms with van der Waals surface area (Å²) in [4.78, 5) is 20.7. The normalized spacial score (nSPS) is 10.3. The van der Waals surface area contributed by atoms with Gasteiger partial charge in [-0.25, -0.2) is 0 Å². The Morgan fingerprint density at radius 1 is 0.957 bits per heavy atom. The zero-order chi connectivity index (χ0) is 15.9. The third kappa shape index (κ3) is 4.25. The van der Waals surface area contributed by atoms with E-state index in [4.69, 9.17) is 0 Å². The van der Waals surface area contributed by atoms with Gasteiger partial charge in [-0.05, 0) is 0 Å². The topological polar surface area (TPSA) is 54.9 Å². The van der Waals surface area contributed by atoms with Crippen molar-refractivity contribution >= 4 is 31.1 Å². The van der Waals surface area contributed by atoms with Crippen molar-refractivity contribution in [2.75, 3.05) is 5.32 Å². The first kappa shape index (κ1) is 15.4. The van der Waals surface area contributed by atoms with E-state index in [1.807, 2.05) is 48.5 Å². The van der Waals surface area contributed by atoms with Crippen LogP contribution in [-0.4, -0.2) is 30.8 Å². The molecule has 0 spiro atoms. The van der Waals surface area contributed by atoms with Crippen LogP contribution < -0.4 is 9.78 Å². The Morgan fingerprint density at radius 3 is 2.52 bits per heavy atom. The molecule has 0 atom stereocenters. The quantitative estimate of drug-likeness (QED) is 0.703. The molecule has 3 aromatic rings. The molecule has 3 rings (SSSR count). The molecule has 0 radical (unpaired) electrons. The van der Waals surface area contributed by atoms with Crippen molar-refractivity contribution in [3.8, 4) is 0 Å². The summed E-state index contributed by atoms with van der Waals surface area (Å²) in [5.74, 6) is 0.449. The summed E-state index contributed by atoms with van der Waals surface area (Å²) >= 11 is 0.180. The Labute approximate surface area is 141 Å². The molecule has 0 saturated carbocycles. The van der Waals surface area contributed by atoms with Gasteiger partial charge in [0.25, 0.3) is 0 Å². The van der Waals surface area contributed by atoms with E-state index in [0.717, 1.165) is 9.78 Å². The van der Waals surface area contributed by atoms with Crippen LogP contribution in [0, 0.1) is 0 Å². The van der Waals surface area contributed by atoms with E-state index in [9.17, 15) is 4.79 Å². The summed E-state index contributed by atoms with van der Waals surface area (Å²) in [6.07, 6.45) is 5.26. The molecule has 23 heavy (non-hydrogen) atoms. The number of benzene rings is 1. The van der Waals surface area contributed by atoms with Crippen molar-refractivity contribution in [1.29, 1.82) is 0 Å². The van der Waals surface area contributed by atoms with Crippen LogP contribution >= 0.6 is 0 Å². The third-order valence-electron chi connectivity index (χ3n) is 3.18. The number of carbonyl (C=O) groups is 1. The van der Waals surface area contributed by atoms with E-state index in [0.29, 0.717) is 11.4 Å². The minimum atomic E-state index is -0.115. The van der Waals surface area contributed by atoms with Crippen molar-refractivity contribution in [3.05, 3.63) is 84.3 Å². The van der Waals surface area contributed by atoms with Crippen molar-refractivity contribution < 1.29 is 4.79 Å². The molecule has 0 unspecified atom stereocenters. The molecule has 0 fully saturated rings. The Hall–Kier alpha value is -2.49. The van der Waals surface area contributed by atoms with Gasteiger partial charge in [0.05, 0.1) is 0 Å². The first-order valence-corrected chi connectivity index (χ1v) is 9.23. The van der Waals surface area contributed by atoms with Gasteiger partial charge in [0.1, 0.15) is 0 Å². The number of nitrogens with one attached hydrogen (secondary N) is 1. The van der Waals surface area contributed by atoms with E-state index in [1.165, 1.54) is 5.56 Å². The molecular weight excluding hydrogens is 353 g/mol. The second-order valence-electron chi connectivity index (χ2n) is 4.81. The number of pyridine rings is 2. The predicted molar refractivity (Wildman–Crippen MR) is 92.0 cm³/mol. The fourth-order valence-corrected chi connectivity index (χ4v) is 4.15. The SMILES string of the molecule is O=C(Nc1ccccn1)c1ccccc1[Se]Cc1ccncc1. The summed E-state index contributed by atoms with van der Waals surface area (Å²) in [7, 11) is 0. The van der Waals surface area contributed by atoms with E-state index >= 15 is 0 Å². The monoisotopic (exact) mass is 369 g/mol. The molecule has 0 aliphatic carbocycles. The molecule has 0 aliphatic rings. The molecule has 1 amide bonds. The zero-order valence-electron chi connectivity index (χ0n) is 12.3. The Morgan fingerprint density at radius 2 is 1.74 bits per heavy atom. The number of hydrogen-bond donors (Lipinski definition) is 1. The fraction of sp³-hybridized carbons (Fsp3) is 0.0556. The molecule has 114 valence electrons. The zero-order valence-corrected chi connectivity index (χ0v) is 14.1. The number of hydrogen-bond acceptors (Lipinski definition) is 3. The van der Waals surface area contributed by atoms with Crippen molar-refractivity contribution in [1.82, 2.24) is 9.97 Å². The number of rotatable bonds is 5. The van der Waals surface area contributed by atoms with Crippen molar-refractivity contribution in [2.24, 2.45) is 0 Å². The van der Waals surface area contributed by atoms with Gasteiger partial charge in [0, 0.05) is 0 Å². The van der Waals surface area contributed by atoms with Crippen LogP contribution in [0.1, 0.15) is 15.9 Å². The first-order chi connectivity index (χ1) is 11.3. The van der Waals surface area contributed by atoms with Crippen LogP contribution in [0.25, 0.3) is 0 Å². The van der Waals surface area contributed by atoms with Crippen LogP contribution in [0.3, 0.4) is 0 Å². The second-order valence-corrected chi connectivity index (χ2v) is 6.94. The Kier molecular flexibility index (Phi) is 5.14. The average Bonchev–Trinajstić information content (AvgIpc) is 2.62. The molecular formula is C18H15N3OSe. The number of anilines is 1. The summed E-state index contributed by atoms with van der Waals surface area (Å²) in [6, 6.07) is 17.2. The summed E-state index contributed by atoms with van der Waals surface area (Å²) in [5.41, 5.74) is 1.95. The molecule has 2 aromatic heterocycles. The molecule has 0 aliphatic heterocycles. The van der Waals surface area contributed by atoms with Crippen LogP contribution in [0.5, 0.6) is 0 Å². The minimum absolute atomic E-state index is 0.115. The summed E-state index contributed by atoms with van der Waals surface area (Å²) in [6.45, 7) is 0. The van der Waals surface area contributed by atoms with Gasteiger partial charge in [-0.3, -0.25) is 0 Å². The van der Waals surface area contributed by atoms with Crippen LogP contribution in [-0.2, 0) is 5.32 Å². The number of aromatic nitrogens is 2. The second kappa shape index (κ2) is 7.68. The van der Waals surface area contributed by atoms with Gasteiger partial charge < -0.3 is 0 Å². The fourth-order valence-electron chi connectivity index (χ4n) is 2.04. The van der Waals surface area contributed by atoms with Crippen LogP contribution in [0.15, 0.2) is 73.2 Å². The van der Waals surface area contributed by atoms with Gasteiger partial charge in [-0.15, -0.1) is 0 Å². The maximum atomic E-state index is 12.5. The Balaban J connectivity index is 1.73. The first-order valence-electron chi connectivity index (χ1n) is 7.16. The number of nitrogens with zero attached hydrogens (tertiary/aromatic N) is 2. The van der Waals surface area contributed by atoms with Gasteiger partial charge in [0.15, 0.2) is 0 Å². The average molecular weight is 368 g/mol. The molecule has 1 N–H and O–H groups in total. The summed E-state index contributed by atoms with van der Waals surface area (Å²) in [5, 5.41) is 3.78. The van der Waals surface area contributed by atoms with E-state index in [1.54, 1.807) is 24.7 Å². The Bertz CT molecular complexity index is 779. The van der Waals surface area contributed by atoms with Gasteiger partial charge in [-0.2, -0.15) is 0 Å². The number of carbonyl (C=O) groups excluding carboxylic acids is 1. The predicted octanol–water partition coefficient (Wildman–Crippen LogP) is 2.26. The van der Waals surface area contributed by atoms with Gasteiger partial charge >= 0.3 is 141 Å². The number of amides is 1. The molecule has 0 bridgehead atoms. The van der Waals surface area contributed by atoms with Gasteiger partial charge in [0.2, 0.25) is 0 Å². The van der Waals surface area contributed by atoms with Crippen LogP contribution in [0.2, 0.25) is 0 Å². The van der Waals surface area contributed by atoms with E-state index in [-0.39, 0.29) is 20.9 Å².